The number of rotatable bonds is 14. The maximum Gasteiger partial charge on any atom is 0.0352 e. The fourth-order valence-corrected chi connectivity index (χ4v) is 7.92. The molecule has 5 rings (SSSR count). The third-order valence-corrected chi connectivity index (χ3v) is 10.1. The minimum atomic E-state index is 1.24. The Balaban J connectivity index is 1.34. The van der Waals surface area contributed by atoms with Crippen LogP contribution in [0.5, 0.6) is 0 Å². The van der Waals surface area contributed by atoms with Crippen molar-refractivity contribution in [1.29, 1.82) is 0 Å². The van der Waals surface area contributed by atoms with E-state index in [1.54, 1.807) is 9.75 Å². The van der Waals surface area contributed by atoms with E-state index in [9.17, 15) is 0 Å². The van der Waals surface area contributed by atoms with Gasteiger partial charge in [0.2, 0.25) is 0 Å². The zero-order valence-electron chi connectivity index (χ0n) is 22.3. The van der Waals surface area contributed by atoms with Crippen LogP contribution in [0.15, 0.2) is 48.5 Å². The third kappa shape index (κ3) is 6.14. The van der Waals surface area contributed by atoms with E-state index in [1.807, 2.05) is 22.7 Å². The highest BCUT2D eigenvalue weighted by atomic mass is 32.1. The normalized spacial score (nSPS) is 12.1. The van der Waals surface area contributed by atoms with E-state index < -0.39 is 0 Å². The molecule has 2 heteroatoms. The molecule has 0 fully saturated rings. The van der Waals surface area contributed by atoms with Crippen molar-refractivity contribution in [2.24, 2.45) is 0 Å². The molecule has 0 amide bonds. The van der Waals surface area contributed by atoms with Crippen molar-refractivity contribution < 1.29 is 0 Å². The van der Waals surface area contributed by atoms with Gasteiger partial charge in [0, 0.05) is 19.2 Å². The van der Waals surface area contributed by atoms with E-state index in [4.69, 9.17) is 0 Å². The molecule has 0 aliphatic heterocycles. The van der Waals surface area contributed by atoms with Gasteiger partial charge in [0.05, 0.1) is 0 Å². The Labute approximate surface area is 225 Å². The summed E-state index contributed by atoms with van der Waals surface area (Å²) < 4.78 is 2.89. The Morgan fingerprint density at radius 3 is 1.31 bits per heavy atom. The summed E-state index contributed by atoms with van der Waals surface area (Å²) in [7, 11) is 0. The fraction of sp³-hybridized carbons (Fsp3) is 0.471. The van der Waals surface area contributed by atoms with Gasteiger partial charge in [-0.2, -0.15) is 0 Å². The lowest BCUT2D eigenvalue weighted by molar-refractivity contribution is 0.609. The maximum absolute atomic E-state index is 2.46. The number of hydrogen-bond acceptors (Lipinski definition) is 2. The van der Waals surface area contributed by atoms with Crippen molar-refractivity contribution >= 4 is 64.4 Å². The van der Waals surface area contributed by atoms with Gasteiger partial charge in [-0.05, 0) is 94.4 Å². The molecular formula is C34H42S2. The highest BCUT2D eigenvalue weighted by Crippen LogP contribution is 2.37. The van der Waals surface area contributed by atoms with Gasteiger partial charge < -0.3 is 0 Å². The monoisotopic (exact) mass is 514 g/mol. The first kappa shape index (κ1) is 25.7. The minimum absolute atomic E-state index is 1.24. The first-order chi connectivity index (χ1) is 17.7. The second-order valence-corrected chi connectivity index (χ2v) is 13.1. The molecule has 0 nitrogen and oxygen atoms in total. The second kappa shape index (κ2) is 12.6. The molecule has 0 unspecified atom stereocenters. The Bertz CT molecular complexity index is 1310. The van der Waals surface area contributed by atoms with Crippen LogP contribution in [0, 0.1) is 0 Å². The first-order valence-electron chi connectivity index (χ1n) is 14.6. The molecule has 0 atom stereocenters. The van der Waals surface area contributed by atoms with Crippen molar-refractivity contribution in [3.63, 3.8) is 0 Å². The number of fused-ring (bicyclic) bond motifs is 5. The summed E-state index contributed by atoms with van der Waals surface area (Å²) in [6, 6.07) is 19.4. The number of hydrogen-bond donors (Lipinski definition) is 0. The SMILES string of the molecule is CCCCCCCCc1cc2cc3c(ccc4cc5sc(CCCCCCCC)cc5cc43)cc2s1. The predicted molar refractivity (Wildman–Crippen MR) is 166 cm³/mol. The van der Waals surface area contributed by atoms with Crippen LogP contribution in [0.1, 0.15) is 101 Å². The molecule has 0 aliphatic carbocycles. The molecule has 5 aromatic rings. The van der Waals surface area contributed by atoms with Gasteiger partial charge >= 0.3 is 0 Å². The predicted octanol–water partition coefficient (Wildman–Crippen LogP) is 12.2. The van der Waals surface area contributed by atoms with Crippen LogP contribution in [0.4, 0.5) is 0 Å². The topological polar surface area (TPSA) is 0 Å². The van der Waals surface area contributed by atoms with Crippen LogP contribution < -0.4 is 0 Å². The summed E-state index contributed by atoms with van der Waals surface area (Å²) in [6.07, 6.45) is 18.9. The summed E-state index contributed by atoms with van der Waals surface area (Å²) in [5, 5.41) is 8.43. The molecule has 2 aromatic heterocycles. The number of aryl methyl sites for hydroxylation is 2. The maximum atomic E-state index is 2.46. The molecule has 0 aliphatic rings. The van der Waals surface area contributed by atoms with Crippen molar-refractivity contribution in [2.75, 3.05) is 0 Å². The number of unbranched alkanes of at least 4 members (excludes halogenated alkanes) is 10. The highest BCUT2D eigenvalue weighted by Gasteiger charge is 2.10. The zero-order valence-corrected chi connectivity index (χ0v) is 24.0. The average molecular weight is 515 g/mol. The lowest BCUT2D eigenvalue weighted by Gasteiger charge is -2.05. The van der Waals surface area contributed by atoms with Crippen LogP contribution in [0.25, 0.3) is 41.7 Å². The van der Waals surface area contributed by atoms with E-state index in [0.29, 0.717) is 0 Å². The summed E-state index contributed by atoms with van der Waals surface area (Å²) >= 11 is 4.01. The number of benzene rings is 3. The van der Waals surface area contributed by atoms with Crippen LogP contribution in [-0.2, 0) is 12.8 Å². The highest BCUT2D eigenvalue weighted by molar-refractivity contribution is 7.19. The van der Waals surface area contributed by atoms with E-state index >= 15 is 0 Å². The smallest absolute Gasteiger partial charge is 0.0352 e. The largest absolute Gasteiger partial charge is 0.140 e. The fourth-order valence-electron chi connectivity index (χ4n) is 5.64. The molecule has 3 aromatic carbocycles. The Hall–Kier alpha value is -1.90. The summed E-state index contributed by atoms with van der Waals surface area (Å²) in [6.45, 7) is 4.59. The van der Waals surface area contributed by atoms with Crippen LogP contribution in [0.2, 0.25) is 0 Å². The van der Waals surface area contributed by atoms with Crippen molar-refractivity contribution in [2.45, 2.75) is 104 Å². The van der Waals surface area contributed by atoms with Crippen molar-refractivity contribution in [3.8, 4) is 0 Å². The molecule has 36 heavy (non-hydrogen) atoms. The van der Waals surface area contributed by atoms with Gasteiger partial charge in [0.25, 0.3) is 0 Å². The lowest BCUT2D eigenvalue weighted by Crippen LogP contribution is -1.82. The molecular weight excluding hydrogens is 473 g/mol. The van der Waals surface area contributed by atoms with E-state index in [0.717, 1.165) is 0 Å². The summed E-state index contributed by atoms with van der Waals surface area (Å²) in [4.78, 5) is 3.11. The Kier molecular flexibility index (Phi) is 8.98. The standard InChI is InChI=1S/C34H42S2/c1-3-5-7-9-11-13-15-29-19-27-21-31-25(23-33(27)35-29)17-18-26-24-34-28(22-32(26)31)20-30(36-34)16-14-12-10-8-6-4-2/h17-24H,3-16H2,1-2H3. The molecule has 0 radical (unpaired) electrons. The molecule has 0 saturated heterocycles. The minimum Gasteiger partial charge on any atom is -0.140 e. The lowest BCUT2D eigenvalue weighted by atomic mass is 9.99. The Morgan fingerprint density at radius 1 is 0.444 bits per heavy atom. The summed E-state index contributed by atoms with van der Waals surface area (Å²) in [5.74, 6) is 0. The van der Waals surface area contributed by atoms with E-state index in [1.165, 1.54) is 132 Å². The van der Waals surface area contributed by atoms with Gasteiger partial charge in [-0.15, -0.1) is 22.7 Å². The molecule has 0 bridgehead atoms. The van der Waals surface area contributed by atoms with E-state index in [2.05, 4.69) is 62.4 Å². The van der Waals surface area contributed by atoms with Crippen molar-refractivity contribution in [3.05, 3.63) is 58.3 Å². The van der Waals surface area contributed by atoms with Crippen LogP contribution in [0.3, 0.4) is 0 Å². The molecule has 0 N–H and O–H groups in total. The molecule has 0 spiro atoms. The van der Waals surface area contributed by atoms with Crippen LogP contribution in [-0.4, -0.2) is 0 Å². The zero-order chi connectivity index (χ0) is 24.7. The summed E-state index contributed by atoms with van der Waals surface area (Å²) in [5.41, 5.74) is 0. The second-order valence-electron chi connectivity index (χ2n) is 10.7. The van der Waals surface area contributed by atoms with Gasteiger partial charge in [-0.1, -0.05) is 90.2 Å². The first-order valence-corrected chi connectivity index (χ1v) is 16.2. The van der Waals surface area contributed by atoms with Gasteiger partial charge in [0.1, 0.15) is 0 Å². The number of thiophene rings is 2. The molecule has 190 valence electrons. The third-order valence-electron chi connectivity index (χ3n) is 7.77. The van der Waals surface area contributed by atoms with Crippen molar-refractivity contribution in [1.82, 2.24) is 0 Å². The van der Waals surface area contributed by atoms with Gasteiger partial charge in [-0.3, -0.25) is 0 Å². The van der Waals surface area contributed by atoms with Crippen LogP contribution >= 0.6 is 22.7 Å². The molecule has 2 heterocycles. The van der Waals surface area contributed by atoms with E-state index in [-0.39, 0.29) is 0 Å². The average Bonchev–Trinajstić information content (AvgIpc) is 3.47. The Morgan fingerprint density at radius 2 is 0.861 bits per heavy atom. The molecule has 0 saturated carbocycles. The quantitative estimate of drug-likeness (QED) is 0.102. The van der Waals surface area contributed by atoms with Gasteiger partial charge in [0.15, 0.2) is 0 Å². The van der Waals surface area contributed by atoms with Gasteiger partial charge in [-0.25, -0.2) is 0 Å².